The van der Waals surface area contributed by atoms with Crippen LogP contribution in [0.3, 0.4) is 0 Å². The Morgan fingerprint density at radius 1 is 1.21 bits per heavy atom. The Bertz CT molecular complexity index is 566. The molecular formula is C9H7F3O6S. The van der Waals surface area contributed by atoms with Gasteiger partial charge >= 0.3 is 15.6 Å². The van der Waals surface area contributed by atoms with E-state index in [1.54, 1.807) is 0 Å². The van der Waals surface area contributed by atoms with Crippen molar-refractivity contribution in [3.05, 3.63) is 18.2 Å². The summed E-state index contributed by atoms with van der Waals surface area (Å²) in [4.78, 5) is 10.3. The summed E-state index contributed by atoms with van der Waals surface area (Å²) < 4.78 is 71.1. The monoisotopic (exact) mass is 300 g/mol. The number of para-hydroxylation sites is 1. The number of alkyl halides is 3. The zero-order valence-electron chi connectivity index (χ0n) is 9.30. The van der Waals surface area contributed by atoms with Gasteiger partial charge in [-0.15, -0.1) is 0 Å². The first-order valence-electron chi connectivity index (χ1n) is 4.51. The zero-order valence-corrected chi connectivity index (χ0v) is 10.1. The second-order valence-electron chi connectivity index (χ2n) is 2.98. The first kappa shape index (κ1) is 15.1. The van der Waals surface area contributed by atoms with Crippen LogP contribution in [0, 0.1) is 0 Å². The van der Waals surface area contributed by atoms with E-state index >= 15 is 0 Å². The van der Waals surface area contributed by atoms with Crippen molar-refractivity contribution >= 4 is 16.6 Å². The van der Waals surface area contributed by atoms with Gasteiger partial charge in [0.2, 0.25) is 5.75 Å². The van der Waals surface area contributed by atoms with Gasteiger partial charge in [-0.05, 0) is 12.1 Å². The van der Waals surface area contributed by atoms with Crippen LogP contribution in [0.1, 0.15) is 0 Å². The summed E-state index contributed by atoms with van der Waals surface area (Å²) in [5, 5.41) is 0. The Hall–Kier alpha value is -1.97. The van der Waals surface area contributed by atoms with Crippen LogP contribution in [0.25, 0.3) is 0 Å². The van der Waals surface area contributed by atoms with Gasteiger partial charge in [0.05, 0.1) is 7.11 Å². The lowest BCUT2D eigenvalue weighted by Gasteiger charge is -2.13. The molecule has 0 aliphatic carbocycles. The molecule has 106 valence electrons. The average molecular weight is 300 g/mol. The Morgan fingerprint density at radius 2 is 1.79 bits per heavy atom. The molecule has 0 atom stereocenters. The topological polar surface area (TPSA) is 78.9 Å². The van der Waals surface area contributed by atoms with Crippen LogP contribution in [0.2, 0.25) is 0 Å². The third-order valence-corrected chi connectivity index (χ3v) is 2.78. The van der Waals surface area contributed by atoms with E-state index in [2.05, 4.69) is 8.92 Å². The summed E-state index contributed by atoms with van der Waals surface area (Å²) in [6, 6.07) is 3.29. The summed E-state index contributed by atoms with van der Waals surface area (Å²) in [6.07, 6.45) is 0. The van der Waals surface area contributed by atoms with Crippen LogP contribution in [-0.2, 0) is 14.9 Å². The lowest BCUT2D eigenvalue weighted by Crippen LogP contribution is -2.28. The second kappa shape index (κ2) is 5.34. The second-order valence-corrected chi connectivity index (χ2v) is 4.52. The highest BCUT2D eigenvalue weighted by Gasteiger charge is 2.49. The molecule has 0 heterocycles. The van der Waals surface area contributed by atoms with Gasteiger partial charge in [0.1, 0.15) is 0 Å². The van der Waals surface area contributed by atoms with E-state index in [4.69, 9.17) is 4.74 Å². The fourth-order valence-electron chi connectivity index (χ4n) is 1.05. The fraction of sp³-hybridized carbons (Fsp3) is 0.222. The van der Waals surface area contributed by atoms with Gasteiger partial charge in [-0.2, -0.15) is 21.6 Å². The van der Waals surface area contributed by atoms with Crippen molar-refractivity contribution in [2.75, 3.05) is 7.11 Å². The zero-order chi connectivity index (χ0) is 14.7. The van der Waals surface area contributed by atoms with Crippen LogP contribution < -0.4 is 13.7 Å². The highest BCUT2D eigenvalue weighted by atomic mass is 32.2. The number of halogens is 3. The van der Waals surface area contributed by atoms with Crippen molar-refractivity contribution in [1.82, 2.24) is 0 Å². The highest BCUT2D eigenvalue weighted by molar-refractivity contribution is 7.88. The Labute approximate surface area is 105 Å². The Kier molecular flexibility index (Phi) is 4.24. The van der Waals surface area contributed by atoms with Crippen molar-refractivity contribution in [3.63, 3.8) is 0 Å². The van der Waals surface area contributed by atoms with Gasteiger partial charge in [0.25, 0.3) is 6.47 Å². The molecule has 0 aliphatic heterocycles. The first-order chi connectivity index (χ1) is 8.73. The molecule has 1 rings (SSSR count). The largest absolute Gasteiger partial charge is 0.534 e. The van der Waals surface area contributed by atoms with Crippen molar-refractivity contribution in [2.45, 2.75) is 5.51 Å². The lowest BCUT2D eigenvalue weighted by molar-refractivity contribution is -0.120. The summed E-state index contributed by atoms with van der Waals surface area (Å²) in [6.45, 7) is -0.106. The van der Waals surface area contributed by atoms with Gasteiger partial charge in [0, 0.05) is 0 Å². The van der Waals surface area contributed by atoms with E-state index in [0.29, 0.717) is 0 Å². The minimum absolute atomic E-state index is 0.106. The molecule has 0 unspecified atom stereocenters. The van der Waals surface area contributed by atoms with Crippen LogP contribution in [0.15, 0.2) is 18.2 Å². The van der Waals surface area contributed by atoms with E-state index in [-0.39, 0.29) is 12.2 Å². The molecule has 0 amide bonds. The number of hydrogen-bond donors (Lipinski definition) is 0. The molecule has 0 bridgehead atoms. The number of carbonyl (C=O) groups is 1. The van der Waals surface area contributed by atoms with Crippen LogP contribution >= 0.6 is 0 Å². The molecular weight excluding hydrogens is 293 g/mol. The van der Waals surface area contributed by atoms with E-state index in [0.717, 1.165) is 19.2 Å². The third kappa shape index (κ3) is 3.28. The van der Waals surface area contributed by atoms with Gasteiger partial charge < -0.3 is 13.7 Å². The molecule has 6 nitrogen and oxygen atoms in total. The Balaban J connectivity index is 3.25. The summed E-state index contributed by atoms with van der Waals surface area (Å²) >= 11 is 0. The lowest BCUT2D eigenvalue weighted by atomic mass is 10.3. The molecule has 0 saturated carbocycles. The number of ether oxygens (including phenoxy) is 2. The normalized spacial score (nSPS) is 11.8. The molecule has 10 heteroatoms. The number of rotatable bonds is 5. The van der Waals surface area contributed by atoms with Crippen molar-refractivity contribution in [3.8, 4) is 17.2 Å². The van der Waals surface area contributed by atoms with Gasteiger partial charge in [-0.3, -0.25) is 4.79 Å². The smallest absolute Gasteiger partial charge is 0.493 e. The minimum Gasteiger partial charge on any atom is -0.493 e. The maximum absolute atomic E-state index is 12.2. The molecule has 0 saturated heterocycles. The van der Waals surface area contributed by atoms with Gasteiger partial charge in [0.15, 0.2) is 11.5 Å². The molecule has 0 aliphatic rings. The van der Waals surface area contributed by atoms with Crippen molar-refractivity contribution < 1.29 is 40.0 Å². The molecule has 0 fully saturated rings. The fourth-order valence-corrected chi connectivity index (χ4v) is 1.51. The summed E-state index contributed by atoms with van der Waals surface area (Å²) in [5.41, 5.74) is -5.60. The van der Waals surface area contributed by atoms with Crippen molar-refractivity contribution in [2.24, 2.45) is 0 Å². The predicted molar refractivity (Wildman–Crippen MR) is 55.3 cm³/mol. The molecule has 0 N–H and O–H groups in total. The average Bonchev–Trinajstić information content (AvgIpc) is 2.29. The van der Waals surface area contributed by atoms with E-state index < -0.39 is 27.1 Å². The van der Waals surface area contributed by atoms with E-state index in [1.807, 2.05) is 0 Å². The highest BCUT2D eigenvalue weighted by Crippen LogP contribution is 2.39. The predicted octanol–water partition coefficient (Wildman–Crippen LogP) is 1.46. The third-order valence-electron chi connectivity index (χ3n) is 1.81. The number of carbonyl (C=O) groups excluding carboxylic acids is 1. The molecule has 0 aromatic heterocycles. The summed E-state index contributed by atoms with van der Waals surface area (Å²) in [7, 11) is -4.72. The van der Waals surface area contributed by atoms with Crippen LogP contribution in [-0.4, -0.2) is 27.5 Å². The van der Waals surface area contributed by atoms with Gasteiger partial charge in [-0.25, -0.2) is 0 Å². The van der Waals surface area contributed by atoms with Crippen LogP contribution in [0.4, 0.5) is 13.2 Å². The summed E-state index contributed by atoms with van der Waals surface area (Å²) in [5.74, 6) is -1.56. The van der Waals surface area contributed by atoms with Crippen LogP contribution in [0.5, 0.6) is 17.2 Å². The SMILES string of the molecule is COc1cccc(OS(=O)(=O)C(F)(F)F)c1OC=O. The number of hydrogen-bond acceptors (Lipinski definition) is 6. The molecule has 1 aromatic rings. The number of benzene rings is 1. The number of methoxy groups -OCH3 is 1. The molecule has 0 radical (unpaired) electrons. The Morgan fingerprint density at radius 3 is 2.26 bits per heavy atom. The first-order valence-corrected chi connectivity index (χ1v) is 5.92. The quantitative estimate of drug-likeness (QED) is 0.465. The molecule has 19 heavy (non-hydrogen) atoms. The standard InChI is InChI=1S/C9H7F3O6S/c1-16-6-3-2-4-7(8(6)17-5-13)18-19(14,15)9(10,11)12/h2-5H,1H3. The minimum atomic E-state index is -5.87. The van der Waals surface area contributed by atoms with Crippen molar-refractivity contribution in [1.29, 1.82) is 0 Å². The maximum atomic E-state index is 12.2. The van der Waals surface area contributed by atoms with E-state index in [1.165, 1.54) is 6.07 Å². The van der Waals surface area contributed by atoms with Gasteiger partial charge in [-0.1, -0.05) is 6.07 Å². The molecule has 0 spiro atoms. The molecule has 1 aromatic carbocycles. The van der Waals surface area contributed by atoms with E-state index in [9.17, 15) is 26.4 Å². The maximum Gasteiger partial charge on any atom is 0.534 e.